The lowest BCUT2D eigenvalue weighted by atomic mass is 10.2. The maximum absolute atomic E-state index is 12.2. The summed E-state index contributed by atoms with van der Waals surface area (Å²) in [7, 11) is 0. The first-order chi connectivity index (χ1) is 10.3. The van der Waals surface area contributed by atoms with Gasteiger partial charge in [-0.3, -0.25) is 4.79 Å². The van der Waals surface area contributed by atoms with E-state index in [-0.39, 0.29) is 24.0 Å². The van der Waals surface area contributed by atoms with Gasteiger partial charge < -0.3 is 20.1 Å². The lowest BCUT2D eigenvalue weighted by molar-refractivity contribution is -0.274. The van der Waals surface area contributed by atoms with E-state index in [0.717, 1.165) is 0 Å². The van der Waals surface area contributed by atoms with Crippen molar-refractivity contribution in [1.29, 1.82) is 0 Å². The number of amides is 1. The number of alkyl halides is 3. The van der Waals surface area contributed by atoms with Gasteiger partial charge in [0.05, 0.1) is 0 Å². The molecule has 2 aromatic rings. The van der Waals surface area contributed by atoms with E-state index >= 15 is 0 Å². The van der Waals surface area contributed by atoms with Gasteiger partial charge in [-0.2, -0.15) is 0 Å². The fourth-order valence-electron chi connectivity index (χ4n) is 1.85. The van der Waals surface area contributed by atoms with Crippen LogP contribution in [0.25, 0.3) is 10.9 Å². The second-order valence-electron chi connectivity index (χ2n) is 4.98. The van der Waals surface area contributed by atoms with E-state index in [4.69, 9.17) is 5.11 Å². The Morgan fingerprint density at radius 3 is 2.77 bits per heavy atom. The van der Waals surface area contributed by atoms with Gasteiger partial charge in [0.15, 0.2) is 0 Å². The smallest absolute Gasteiger partial charge is 0.406 e. The number of aromatic amines is 1. The molecule has 0 spiro atoms. The molecular formula is C14H15F3N2O3. The Morgan fingerprint density at radius 2 is 2.14 bits per heavy atom. The van der Waals surface area contributed by atoms with Gasteiger partial charge in [-0.15, -0.1) is 13.2 Å². The van der Waals surface area contributed by atoms with Crippen LogP contribution in [0.3, 0.4) is 0 Å². The summed E-state index contributed by atoms with van der Waals surface area (Å²) in [5, 5.41) is 12.1. The fourth-order valence-corrected chi connectivity index (χ4v) is 1.85. The number of hydrogen-bond acceptors (Lipinski definition) is 3. The molecule has 1 aromatic heterocycles. The average Bonchev–Trinajstić information content (AvgIpc) is 2.85. The number of benzene rings is 1. The minimum atomic E-state index is -4.76. The number of aliphatic hydroxyl groups is 1. The summed E-state index contributed by atoms with van der Waals surface area (Å²) in [5.74, 6) is -0.836. The predicted octanol–water partition coefficient (Wildman–Crippen LogP) is 2.42. The molecule has 22 heavy (non-hydrogen) atoms. The Hall–Kier alpha value is -2.22. The first-order valence-electron chi connectivity index (χ1n) is 6.56. The van der Waals surface area contributed by atoms with Gasteiger partial charge in [0.25, 0.3) is 5.91 Å². The van der Waals surface area contributed by atoms with Crippen molar-refractivity contribution in [2.45, 2.75) is 13.3 Å². The van der Waals surface area contributed by atoms with Crippen LogP contribution in [0, 0.1) is 5.92 Å². The number of carbonyl (C=O) groups excluding carboxylic acids is 1. The molecule has 0 aliphatic heterocycles. The van der Waals surface area contributed by atoms with Crippen LogP contribution < -0.4 is 10.1 Å². The molecule has 0 saturated heterocycles. The minimum absolute atomic E-state index is 0.0505. The van der Waals surface area contributed by atoms with Gasteiger partial charge in [0.2, 0.25) is 0 Å². The molecule has 1 atom stereocenters. The topological polar surface area (TPSA) is 74.3 Å². The highest BCUT2D eigenvalue weighted by atomic mass is 19.4. The second-order valence-corrected chi connectivity index (χ2v) is 4.98. The number of nitrogens with one attached hydrogen (secondary N) is 2. The number of H-pyrrole nitrogens is 1. The van der Waals surface area contributed by atoms with Gasteiger partial charge in [0.1, 0.15) is 11.4 Å². The molecule has 0 bridgehead atoms. The Morgan fingerprint density at radius 1 is 1.41 bits per heavy atom. The monoisotopic (exact) mass is 316 g/mol. The fraction of sp³-hybridized carbons (Fsp3) is 0.357. The van der Waals surface area contributed by atoms with Crippen LogP contribution in [0.2, 0.25) is 0 Å². The normalized spacial score (nSPS) is 13.1. The number of halogens is 3. The van der Waals surface area contributed by atoms with Crippen molar-refractivity contribution < 1.29 is 27.8 Å². The first kappa shape index (κ1) is 16.2. The summed E-state index contributed by atoms with van der Waals surface area (Å²) in [6, 6.07) is 5.32. The number of fused-ring (bicyclic) bond motifs is 1. The first-order valence-corrected chi connectivity index (χ1v) is 6.56. The van der Waals surface area contributed by atoms with Crippen LogP contribution in [0.1, 0.15) is 17.4 Å². The average molecular weight is 316 g/mol. The summed E-state index contributed by atoms with van der Waals surface area (Å²) < 4.78 is 40.3. The van der Waals surface area contributed by atoms with Crippen molar-refractivity contribution in [2.24, 2.45) is 5.92 Å². The van der Waals surface area contributed by atoms with Crippen molar-refractivity contribution in [3.8, 4) is 5.75 Å². The van der Waals surface area contributed by atoms with Crippen molar-refractivity contribution in [1.82, 2.24) is 10.3 Å². The molecule has 2 rings (SSSR count). The number of carbonyl (C=O) groups is 1. The highest BCUT2D eigenvalue weighted by Crippen LogP contribution is 2.26. The quantitative estimate of drug-likeness (QED) is 0.793. The summed E-state index contributed by atoms with van der Waals surface area (Å²) >= 11 is 0. The van der Waals surface area contributed by atoms with Crippen molar-refractivity contribution in [2.75, 3.05) is 13.2 Å². The minimum Gasteiger partial charge on any atom is -0.406 e. The molecule has 0 radical (unpaired) electrons. The highest BCUT2D eigenvalue weighted by Gasteiger charge is 2.31. The zero-order valence-corrected chi connectivity index (χ0v) is 11.7. The molecule has 120 valence electrons. The van der Waals surface area contributed by atoms with E-state index in [0.29, 0.717) is 17.4 Å². The number of rotatable bonds is 5. The lowest BCUT2D eigenvalue weighted by Crippen LogP contribution is -2.29. The third-order valence-electron chi connectivity index (χ3n) is 2.99. The van der Waals surface area contributed by atoms with E-state index in [1.165, 1.54) is 24.3 Å². The second kappa shape index (κ2) is 6.27. The summed E-state index contributed by atoms with van der Waals surface area (Å²) in [5.41, 5.74) is 0.589. The summed E-state index contributed by atoms with van der Waals surface area (Å²) in [6.45, 7) is 2.02. The molecule has 5 nitrogen and oxygen atoms in total. The SMILES string of the molecule is CC(CO)CNC(=O)c1cc2ccc(OC(F)(F)F)cc2[nH]1. The number of aliphatic hydroxyl groups excluding tert-OH is 1. The van der Waals surface area contributed by atoms with Crippen LogP contribution in [0.5, 0.6) is 5.75 Å². The number of ether oxygens (including phenoxy) is 1. The number of aromatic nitrogens is 1. The van der Waals surface area contributed by atoms with Crippen LogP contribution in [-0.4, -0.2) is 35.5 Å². The van der Waals surface area contributed by atoms with E-state index in [1.807, 2.05) is 0 Å². The maximum Gasteiger partial charge on any atom is 0.573 e. The van der Waals surface area contributed by atoms with Crippen LogP contribution in [-0.2, 0) is 0 Å². The predicted molar refractivity (Wildman–Crippen MR) is 73.6 cm³/mol. The molecule has 0 fully saturated rings. The Kier molecular flexibility index (Phi) is 4.60. The zero-order valence-electron chi connectivity index (χ0n) is 11.7. The maximum atomic E-state index is 12.2. The van der Waals surface area contributed by atoms with Gasteiger partial charge in [0, 0.05) is 30.1 Å². The van der Waals surface area contributed by atoms with E-state index in [1.54, 1.807) is 6.92 Å². The Labute approximate surface area is 124 Å². The summed E-state index contributed by atoms with van der Waals surface area (Å²) in [4.78, 5) is 14.7. The van der Waals surface area contributed by atoms with E-state index in [9.17, 15) is 18.0 Å². The summed E-state index contributed by atoms with van der Waals surface area (Å²) in [6.07, 6.45) is -4.76. The van der Waals surface area contributed by atoms with Crippen molar-refractivity contribution >= 4 is 16.8 Å². The van der Waals surface area contributed by atoms with Crippen molar-refractivity contribution in [3.63, 3.8) is 0 Å². The van der Waals surface area contributed by atoms with Gasteiger partial charge in [-0.1, -0.05) is 6.92 Å². The molecule has 1 heterocycles. The Balaban J connectivity index is 2.14. The molecule has 3 N–H and O–H groups in total. The van der Waals surface area contributed by atoms with Crippen molar-refractivity contribution in [3.05, 3.63) is 30.0 Å². The van der Waals surface area contributed by atoms with Crippen LogP contribution >= 0.6 is 0 Å². The highest BCUT2D eigenvalue weighted by molar-refractivity contribution is 5.98. The van der Waals surface area contributed by atoms with Gasteiger partial charge in [-0.25, -0.2) is 0 Å². The third-order valence-corrected chi connectivity index (χ3v) is 2.99. The van der Waals surface area contributed by atoms with E-state index < -0.39 is 12.3 Å². The molecule has 0 aliphatic rings. The molecule has 8 heteroatoms. The third kappa shape index (κ3) is 4.14. The number of hydrogen-bond donors (Lipinski definition) is 3. The standard InChI is InChI=1S/C14H15F3N2O3/c1-8(7-20)6-18-13(21)12-4-9-2-3-10(5-11(9)19-12)22-14(15,16)17/h2-5,8,19-20H,6-7H2,1H3,(H,18,21). The van der Waals surface area contributed by atoms with Crippen LogP contribution in [0.15, 0.2) is 24.3 Å². The molecule has 1 amide bonds. The molecule has 0 saturated carbocycles. The molecule has 0 aliphatic carbocycles. The van der Waals surface area contributed by atoms with Gasteiger partial charge in [-0.05, 0) is 24.1 Å². The van der Waals surface area contributed by atoms with Gasteiger partial charge >= 0.3 is 6.36 Å². The van der Waals surface area contributed by atoms with Crippen LogP contribution in [0.4, 0.5) is 13.2 Å². The van der Waals surface area contributed by atoms with E-state index in [2.05, 4.69) is 15.0 Å². The molecule has 1 aromatic carbocycles. The Bertz CT molecular complexity index is 667. The largest absolute Gasteiger partial charge is 0.573 e. The molecule has 1 unspecified atom stereocenters. The lowest BCUT2D eigenvalue weighted by Gasteiger charge is -2.08. The zero-order chi connectivity index (χ0) is 16.3. The molecular weight excluding hydrogens is 301 g/mol.